The van der Waals surface area contributed by atoms with E-state index in [2.05, 4.69) is 22.9 Å². The number of nitrogens with zero attached hydrogens (tertiary/aromatic N) is 1. The van der Waals surface area contributed by atoms with Crippen molar-refractivity contribution in [2.45, 2.75) is 4.71 Å². The summed E-state index contributed by atoms with van der Waals surface area (Å²) in [7, 11) is 0. The highest BCUT2D eigenvalue weighted by molar-refractivity contribution is 8.14. The molecule has 0 radical (unpaired) electrons. The van der Waals surface area contributed by atoms with Crippen molar-refractivity contribution in [1.29, 1.82) is 0 Å². The number of carbonyl (C=O) groups is 1. The topological polar surface area (TPSA) is 42.0 Å². The Morgan fingerprint density at radius 3 is 2.79 bits per heavy atom. The molecule has 1 aliphatic rings. The lowest BCUT2D eigenvalue weighted by atomic mass is 10.2. The van der Waals surface area contributed by atoms with Crippen molar-refractivity contribution in [3.05, 3.63) is 46.3 Å². The highest BCUT2D eigenvalue weighted by Crippen LogP contribution is 2.32. The molecule has 0 bridgehead atoms. The van der Waals surface area contributed by atoms with Gasteiger partial charge in [0.25, 0.3) is 5.91 Å². The Hall–Kier alpha value is -1.24. The first-order chi connectivity index (χ1) is 9.22. The van der Waals surface area contributed by atoms with Gasteiger partial charge < -0.3 is 5.32 Å². The van der Waals surface area contributed by atoms with Gasteiger partial charge in [0.15, 0.2) is 0 Å². The number of benzene rings is 1. The summed E-state index contributed by atoms with van der Waals surface area (Å²) in [5, 5.41) is 5.63. The second kappa shape index (κ2) is 5.40. The Morgan fingerprint density at radius 2 is 2.11 bits per heavy atom. The number of thiazole rings is 1. The average molecular weight is 306 g/mol. The Balaban J connectivity index is 1.87. The summed E-state index contributed by atoms with van der Waals surface area (Å²) in [4.78, 5) is 16.8. The fourth-order valence-electron chi connectivity index (χ4n) is 1.69. The predicted molar refractivity (Wildman–Crippen MR) is 84.0 cm³/mol. The lowest BCUT2D eigenvalue weighted by Gasteiger charge is -1.94. The van der Waals surface area contributed by atoms with E-state index in [0.717, 1.165) is 16.3 Å². The maximum atomic E-state index is 11.6. The van der Waals surface area contributed by atoms with Crippen LogP contribution in [0.3, 0.4) is 0 Å². The van der Waals surface area contributed by atoms with E-state index in [1.807, 2.05) is 35.7 Å². The van der Waals surface area contributed by atoms with Crippen molar-refractivity contribution in [1.82, 2.24) is 10.3 Å². The zero-order valence-corrected chi connectivity index (χ0v) is 12.3. The Bertz CT molecular complexity index is 636. The maximum absolute atomic E-state index is 11.6. The van der Waals surface area contributed by atoms with Crippen molar-refractivity contribution in [2.24, 2.45) is 0 Å². The average Bonchev–Trinajstić information content (AvgIpc) is 2.99. The van der Waals surface area contributed by atoms with Gasteiger partial charge in [0.1, 0.15) is 9.71 Å². The van der Waals surface area contributed by atoms with Crippen LogP contribution in [-0.4, -0.2) is 15.6 Å². The lowest BCUT2D eigenvalue weighted by Crippen LogP contribution is -2.19. The number of aromatic nitrogens is 1. The minimum atomic E-state index is -0.161. The lowest BCUT2D eigenvalue weighted by molar-refractivity contribution is -0.116. The Morgan fingerprint density at radius 1 is 1.32 bits per heavy atom. The number of amides is 1. The molecule has 2 heterocycles. The van der Waals surface area contributed by atoms with Gasteiger partial charge in [-0.2, -0.15) is 0 Å². The van der Waals surface area contributed by atoms with E-state index in [9.17, 15) is 4.79 Å². The standard InChI is InChI=1S/C13H10N2OS3/c16-11-10(19-13(17)15-11)6-9-7-18-12(14-9)8-4-2-1-3-5-8/h1-7,13,17H,(H,15,16)/b10-6-. The molecule has 19 heavy (non-hydrogen) atoms. The molecule has 1 aromatic heterocycles. The molecule has 1 N–H and O–H groups in total. The van der Waals surface area contributed by atoms with Crippen LogP contribution >= 0.6 is 35.7 Å². The number of hydrogen-bond donors (Lipinski definition) is 2. The predicted octanol–water partition coefficient (Wildman–Crippen LogP) is 3.23. The third-order valence-corrected chi connectivity index (χ3v) is 4.79. The number of thiol groups is 1. The van der Waals surface area contributed by atoms with Crippen molar-refractivity contribution in [2.75, 3.05) is 0 Å². The quantitative estimate of drug-likeness (QED) is 0.661. The van der Waals surface area contributed by atoms with Crippen molar-refractivity contribution in [3.8, 4) is 10.6 Å². The number of hydrogen-bond acceptors (Lipinski definition) is 5. The van der Waals surface area contributed by atoms with Crippen LogP contribution in [0.25, 0.3) is 16.6 Å². The van der Waals surface area contributed by atoms with E-state index < -0.39 is 0 Å². The van der Waals surface area contributed by atoms with Gasteiger partial charge >= 0.3 is 0 Å². The fourth-order valence-corrected chi connectivity index (χ4v) is 3.69. The van der Waals surface area contributed by atoms with Crippen LogP contribution in [0.15, 0.2) is 40.6 Å². The molecule has 1 unspecified atom stereocenters. The van der Waals surface area contributed by atoms with Gasteiger partial charge in [0.05, 0.1) is 10.6 Å². The van der Waals surface area contributed by atoms with Crippen LogP contribution < -0.4 is 5.32 Å². The third kappa shape index (κ3) is 2.86. The normalized spacial score (nSPS) is 20.8. The molecule has 1 aromatic carbocycles. The van der Waals surface area contributed by atoms with Gasteiger partial charge in [-0.3, -0.25) is 4.79 Å². The van der Waals surface area contributed by atoms with E-state index in [1.54, 1.807) is 17.4 Å². The first kappa shape index (κ1) is 12.8. The van der Waals surface area contributed by atoms with Gasteiger partial charge in [0, 0.05) is 10.9 Å². The second-order valence-corrected chi connectivity index (χ2v) is 6.77. The molecule has 1 atom stereocenters. The Kier molecular flexibility index (Phi) is 3.63. The zero-order valence-electron chi connectivity index (χ0n) is 9.74. The zero-order chi connectivity index (χ0) is 13.2. The van der Waals surface area contributed by atoms with Crippen LogP contribution in [-0.2, 0) is 4.79 Å². The molecule has 0 aliphatic carbocycles. The van der Waals surface area contributed by atoms with Crippen LogP contribution in [0.4, 0.5) is 0 Å². The molecule has 96 valence electrons. The molecular weight excluding hydrogens is 296 g/mol. The van der Waals surface area contributed by atoms with E-state index >= 15 is 0 Å². The summed E-state index contributed by atoms with van der Waals surface area (Å²) < 4.78 is -0.161. The Labute approximate surface area is 124 Å². The van der Waals surface area contributed by atoms with Gasteiger partial charge in [-0.05, 0) is 6.08 Å². The van der Waals surface area contributed by atoms with Crippen LogP contribution in [0, 0.1) is 0 Å². The molecule has 1 aliphatic heterocycles. The van der Waals surface area contributed by atoms with Gasteiger partial charge in [-0.1, -0.05) is 42.1 Å². The van der Waals surface area contributed by atoms with E-state index in [0.29, 0.717) is 4.91 Å². The fraction of sp³-hybridized carbons (Fsp3) is 0.0769. The first-order valence-corrected chi connectivity index (χ1v) is 7.88. The van der Waals surface area contributed by atoms with Crippen LogP contribution in [0.1, 0.15) is 5.69 Å². The van der Waals surface area contributed by atoms with Gasteiger partial charge in [0.2, 0.25) is 0 Å². The van der Waals surface area contributed by atoms with Crippen molar-refractivity contribution < 1.29 is 4.79 Å². The number of thioether (sulfide) groups is 1. The van der Waals surface area contributed by atoms with Gasteiger partial charge in [-0.25, -0.2) is 4.98 Å². The minimum Gasteiger partial charge on any atom is -0.331 e. The van der Waals surface area contributed by atoms with Gasteiger partial charge in [-0.15, -0.1) is 24.0 Å². The molecule has 2 aromatic rings. The number of nitrogens with one attached hydrogen (secondary N) is 1. The summed E-state index contributed by atoms with van der Waals surface area (Å²) in [6, 6.07) is 10.0. The molecule has 3 rings (SSSR count). The molecule has 1 fully saturated rings. The highest BCUT2D eigenvalue weighted by Gasteiger charge is 2.24. The summed E-state index contributed by atoms with van der Waals surface area (Å²) >= 11 is 7.19. The highest BCUT2D eigenvalue weighted by atomic mass is 32.2. The molecular formula is C13H10N2OS3. The molecule has 0 spiro atoms. The summed E-state index contributed by atoms with van der Waals surface area (Å²) in [6.45, 7) is 0. The number of rotatable bonds is 2. The SMILES string of the molecule is O=C1NC(S)S/C1=C\c1csc(-c2ccccc2)n1. The molecule has 6 heteroatoms. The minimum absolute atomic E-state index is 0.0840. The number of carbonyl (C=O) groups excluding carboxylic acids is 1. The molecule has 1 amide bonds. The second-order valence-electron chi connectivity index (χ2n) is 3.90. The molecule has 3 nitrogen and oxygen atoms in total. The van der Waals surface area contributed by atoms with Crippen molar-refractivity contribution in [3.63, 3.8) is 0 Å². The van der Waals surface area contributed by atoms with Crippen molar-refractivity contribution >= 4 is 47.7 Å². The molecule has 0 saturated carbocycles. The third-order valence-electron chi connectivity index (χ3n) is 2.54. The van der Waals surface area contributed by atoms with Crippen LogP contribution in [0.2, 0.25) is 0 Å². The smallest absolute Gasteiger partial charge is 0.259 e. The van der Waals surface area contributed by atoms with Crippen LogP contribution in [0.5, 0.6) is 0 Å². The van der Waals surface area contributed by atoms with E-state index in [-0.39, 0.29) is 10.6 Å². The monoisotopic (exact) mass is 306 g/mol. The summed E-state index contributed by atoms with van der Waals surface area (Å²) in [5.74, 6) is -0.0840. The summed E-state index contributed by atoms with van der Waals surface area (Å²) in [5.41, 5.74) is 1.90. The maximum Gasteiger partial charge on any atom is 0.259 e. The largest absolute Gasteiger partial charge is 0.331 e. The first-order valence-electron chi connectivity index (χ1n) is 5.60. The van der Waals surface area contributed by atoms with E-state index in [4.69, 9.17) is 0 Å². The van der Waals surface area contributed by atoms with E-state index in [1.165, 1.54) is 11.8 Å². The summed E-state index contributed by atoms with van der Waals surface area (Å²) in [6.07, 6.45) is 1.80. The molecule has 1 saturated heterocycles.